The summed E-state index contributed by atoms with van der Waals surface area (Å²) < 4.78 is 16.4. The van der Waals surface area contributed by atoms with E-state index in [1.54, 1.807) is 34.0 Å². The SMILES string of the molecule is Cc1nccn1-c1ccc(CNC(=O)C2CCCN(C(=O)c3cccc4ccccc34)C2)cc1F. The predicted molar refractivity (Wildman–Crippen MR) is 133 cm³/mol. The molecule has 1 unspecified atom stereocenters. The Morgan fingerprint density at radius 3 is 2.74 bits per heavy atom. The molecular formula is C28H27FN4O2. The normalized spacial score (nSPS) is 15.8. The van der Waals surface area contributed by atoms with Gasteiger partial charge in [0.2, 0.25) is 5.91 Å². The molecule has 178 valence electrons. The van der Waals surface area contributed by atoms with Crippen LogP contribution in [0, 0.1) is 18.7 Å². The lowest BCUT2D eigenvalue weighted by Crippen LogP contribution is -2.45. The molecule has 3 aromatic carbocycles. The molecule has 2 heterocycles. The number of rotatable bonds is 5. The number of fused-ring (bicyclic) bond motifs is 1. The largest absolute Gasteiger partial charge is 0.352 e. The van der Waals surface area contributed by atoms with Gasteiger partial charge in [-0.15, -0.1) is 0 Å². The summed E-state index contributed by atoms with van der Waals surface area (Å²) in [5.41, 5.74) is 1.76. The van der Waals surface area contributed by atoms with E-state index in [0.29, 0.717) is 35.7 Å². The van der Waals surface area contributed by atoms with Crippen LogP contribution < -0.4 is 5.32 Å². The maximum absolute atomic E-state index is 14.7. The highest BCUT2D eigenvalue weighted by Crippen LogP contribution is 2.24. The third-order valence-corrected chi connectivity index (χ3v) is 6.66. The smallest absolute Gasteiger partial charge is 0.254 e. The van der Waals surface area contributed by atoms with Gasteiger partial charge in [-0.3, -0.25) is 9.59 Å². The summed E-state index contributed by atoms with van der Waals surface area (Å²) in [4.78, 5) is 32.1. The van der Waals surface area contributed by atoms with E-state index in [2.05, 4.69) is 10.3 Å². The molecule has 5 rings (SSSR count). The molecule has 1 saturated heterocycles. The Hall–Kier alpha value is -4.00. The second kappa shape index (κ2) is 9.70. The molecule has 1 aromatic heterocycles. The van der Waals surface area contributed by atoms with E-state index in [9.17, 15) is 14.0 Å². The van der Waals surface area contributed by atoms with Crippen LogP contribution in [0.4, 0.5) is 4.39 Å². The molecule has 0 saturated carbocycles. The average molecular weight is 471 g/mol. The van der Waals surface area contributed by atoms with Crippen LogP contribution in [0.2, 0.25) is 0 Å². The number of hydrogen-bond acceptors (Lipinski definition) is 3. The van der Waals surface area contributed by atoms with Crippen LogP contribution in [0.1, 0.15) is 34.6 Å². The molecule has 1 fully saturated rings. The van der Waals surface area contributed by atoms with Crippen molar-refractivity contribution in [3.8, 4) is 5.69 Å². The minimum atomic E-state index is -0.373. The van der Waals surface area contributed by atoms with Crippen molar-refractivity contribution < 1.29 is 14.0 Å². The standard InChI is InChI=1S/C28H27FN4O2/c1-19-30-13-15-33(19)26-12-11-20(16-25(26)29)17-31-27(34)22-8-5-14-32(18-22)28(35)24-10-4-7-21-6-2-3-9-23(21)24/h2-4,6-7,9-13,15-16,22H,5,8,14,17-18H2,1H3,(H,31,34). The molecule has 35 heavy (non-hydrogen) atoms. The summed E-state index contributed by atoms with van der Waals surface area (Å²) in [5, 5.41) is 4.87. The zero-order valence-corrected chi connectivity index (χ0v) is 19.6. The van der Waals surface area contributed by atoms with E-state index < -0.39 is 0 Å². The highest BCUT2D eigenvalue weighted by molar-refractivity contribution is 6.07. The van der Waals surface area contributed by atoms with Crippen molar-refractivity contribution >= 4 is 22.6 Å². The van der Waals surface area contributed by atoms with Crippen LogP contribution >= 0.6 is 0 Å². The van der Waals surface area contributed by atoms with Gasteiger partial charge in [0.15, 0.2) is 0 Å². The Labute approximate surface area is 203 Å². The Kier molecular flexibility index (Phi) is 6.31. The maximum atomic E-state index is 14.7. The maximum Gasteiger partial charge on any atom is 0.254 e. The molecule has 0 aliphatic carbocycles. The van der Waals surface area contributed by atoms with E-state index in [1.165, 1.54) is 6.07 Å². The first kappa shape index (κ1) is 22.8. The van der Waals surface area contributed by atoms with Gasteiger partial charge >= 0.3 is 0 Å². The Balaban J connectivity index is 1.23. The second-order valence-corrected chi connectivity index (χ2v) is 8.97. The van der Waals surface area contributed by atoms with Crippen molar-refractivity contribution in [3.05, 3.63) is 95.8 Å². The molecular weight excluding hydrogens is 443 g/mol. The van der Waals surface area contributed by atoms with Crippen LogP contribution in [-0.2, 0) is 11.3 Å². The number of nitrogens with one attached hydrogen (secondary N) is 1. The van der Waals surface area contributed by atoms with Gasteiger partial charge in [-0.25, -0.2) is 9.37 Å². The Morgan fingerprint density at radius 2 is 1.94 bits per heavy atom. The van der Waals surface area contributed by atoms with Gasteiger partial charge in [-0.2, -0.15) is 0 Å². The number of halogens is 1. The lowest BCUT2D eigenvalue weighted by atomic mass is 9.95. The summed E-state index contributed by atoms with van der Waals surface area (Å²) in [6.07, 6.45) is 4.82. The van der Waals surface area contributed by atoms with Gasteiger partial charge in [0.1, 0.15) is 11.6 Å². The molecule has 2 amide bonds. The fraction of sp³-hybridized carbons (Fsp3) is 0.250. The zero-order valence-electron chi connectivity index (χ0n) is 19.6. The van der Waals surface area contributed by atoms with Crippen LogP contribution in [0.15, 0.2) is 73.1 Å². The number of amides is 2. The van der Waals surface area contributed by atoms with Crippen LogP contribution in [-0.4, -0.2) is 39.4 Å². The Bertz CT molecular complexity index is 1390. The Morgan fingerprint density at radius 1 is 1.11 bits per heavy atom. The average Bonchev–Trinajstić information content (AvgIpc) is 3.32. The molecule has 1 atom stereocenters. The van der Waals surface area contributed by atoms with Crippen molar-refractivity contribution in [1.82, 2.24) is 19.8 Å². The number of hydrogen-bond donors (Lipinski definition) is 1. The quantitative estimate of drug-likeness (QED) is 0.462. The molecule has 6 nitrogen and oxygen atoms in total. The third kappa shape index (κ3) is 4.67. The van der Waals surface area contributed by atoms with E-state index >= 15 is 0 Å². The first-order valence-electron chi connectivity index (χ1n) is 11.8. The van der Waals surface area contributed by atoms with Gasteiger partial charge in [0, 0.05) is 37.6 Å². The number of aryl methyl sites for hydroxylation is 1. The van der Waals surface area contributed by atoms with Crippen LogP contribution in [0.5, 0.6) is 0 Å². The number of carbonyl (C=O) groups excluding carboxylic acids is 2. The van der Waals surface area contributed by atoms with Crippen LogP contribution in [0.3, 0.4) is 0 Å². The first-order chi connectivity index (χ1) is 17.0. The van der Waals surface area contributed by atoms with E-state index in [1.807, 2.05) is 49.4 Å². The summed E-state index contributed by atoms with van der Waals surface area (Å²) in [6.45, 7) is 3.05. The summed E-state index contributed by atoms with van der Waals surface area (Å²) in [7, 11) is 0. The minimum absolute atomic E-state index is 0.0493. The van der Waals surface area contributed by atoms with Gasteiger partial charge < -0.3 is 14.8 Å². The first-order valence-corrected chi connectivity index (χ1v) is 11.8. The van der Waals surface area contributed by atoms with Crippen molar-refractivity contribution in [2.75, 3.05) is 13.1 Å². The highest BCUT2D eigenvalue weighted by Gasteiger charge is 2.29. The lowest BCUT2D eigenvalue weighted by molar-refractivity contribution is -0.126. The lowest BCUT2D eigenvalue weighted by Gasteiger charge is -2.32. The number of nitrogens with zero attached hydrogens (tertiary/aromatic N) is 3. The topological polar surface area (TPSA) is 67.2 Å². The molecule has 4 aromatic rings. The van der Waals surface area contributed by atoms with Crippen LogP contribution in [0.25, 0.3) is 16.5 Å². The van der Waals surface area contributed by atoms with Gasteiger partial charge in [0.25, 0.3) is 5.91 Å². The zero-order chi connectivity index (χ0) is 24.4. The molecule has 1 aliphatic heterocycles. The molecule has 1 aliphatic rings. The second-order valence-electron chi connectivity index (χ2n) is 8.97. The van der Waals surface area contributed by atoms with Crippen molar-refractivity contribution in [1.29, 1.82) is 0 Å². The van der Waals surface area contributed by atoms with E-state index in [-0.39, 0.29) is 30.1 Å². The van der Waals surface area contributed by atoms with Crippen molar-refractivity contribution in [3.63, 3.8) is 0 Å². The number of likely N-dealkylation sites (tertiary alicyclic amines) is 1. The van der Waals surface area contributed by atoms with Crippen molar-refractivity contribution in [2.24, 2.45) is 5.92 Å². The predicted octanol–water partition coefficient (Wildman–Crippen LogP) is 4.64. The number of imidazole rings is 1. The summed E-state index contributed by atoms with van der Waals surface area (Å²) in [6, 6.07) is 18.5. The highest BCUT2D eigenvalue weighted by atomic mass is 19.1. The number of aromatic nitrogens is 2. The molecule has 7 heteroatoms. The third-order valence-electron chi connectivity index (χ3n) is 6.66. The minimum Gasteiger partial charge on any atom is -0.352 e. The van der Waals surface area contributed by atoms with Crippen molar-refractivity contribution in [2.45, 2.75) is 26.3 Å². The monoisotopic (exact) mass is 470 g/mol. The fourth-order valence-corrected chi connectivity index (χ4v) is 4.78. The summed E-state index contributed by atoms with van der Waals surface area (Å²) in [5.74, 6) is -0.130. The van der Waals surface area contributed by atoms with E-state index in [4.69, 9.17) is 0 Å². The number of carbonyl (C=O) groups is 2. The number of piperidine rings is 1. The van der Waals surface area contributed by atoms with E-state index in [0.717, 1.165) is 23.6 Å². The van der Waals surface area contributed by atoms with Gasteiger partial charge in [-0.05, 0) is 54.3 Å². The summed E-state index contributed by atoms with van der Waals surface area (Å²) >= 11 is 0. The molecule has 1 N–H and O–H groups in total. The van der Waals surface area contributed by atoms with Gasteiger partial charge in [0.05, 0.1) is 11.6 Å². The molecule has 0 radical (unpaired) electrons. The fourth-order valence-electron chi connectivity index (χ4n) is 4.78. The molecule has 0 bridgehead atoms. The molecule has 0 spiro atoms. The number of benzene rings is 3. The van der Waals surface area contributed by atoms with Gasteiger partial charge in [-0.1, -0.05) is 42.5 Å².